The van der Waals surface area contributed by atoms with Gasteiger partial charge in [-0.2, -0.15) is 36.3 Å². The van der Waals surface area contributed by atoms with E-state index in [1.807, 2.05) is 20.8 Å². The summed E-state index contributed by atoms with van der Waals surface area (Å²) >= 11 is 0. The Morgan fingerprint density at radius 1 is 0.462 bits per heavy atom. The summed E-state index contributed by atoms with van der Waals surface area (Å²) in [4.78, 5) is 84.0. The summed E-state index contributed by atoms with van der Waals surface area (Å²) in [6, 6.07) is -4.67. The van der Waals surface area contributed by atoms with Crippen molar-refractivity contribution in [2.24, 2.45) is 23.3 Å². The van der Waals surface area contributed by atoms with Crippen molar-refractivity contribution in [3.63, 3.8) is 0 Å². The zero-order valence-corrected chi connectivity index (χ0v) is 79.3. The molecule has 0 radical (unpaired) electrons. The fourth-order valence-electron chi connectivity index (χ4n) is 18.7. The molecule has 4 aromatic heterocycles. The number of fused-ring (bicyclic) bond motifs is 8. The number of carbonyl (C=O) groups is 6. The van der Waals surface area contributed by atoms with Crippen molar-refractivity contribution in [1.82, 2.24) is 101 Å². The lowest BCUT2D eigenvalue weighted by Crippen LogP contribution is -2.50. The highest BCUT2D eigenvalue weighted by atomic mass is 32.3. The third kappa shape index (κ3) is 27.3. The molecule has 10 amide bonds. The number of nitrogens with zero attached hydrogens (tertiary/aromatic N) is 19. The van der Waals surface area contributed by atoms with Gasteiger partial charge in [0.25, 0.3) is 0 Å². The number of urea groups is 4. The first-order valence-electron chi connectivity index (χ1n) is 46.0. The third-order valence-electron chi connectivity index (χ3n) is 25.7. The zero-order chi connectivity index (χ0) is 95.0. The molecule has 12 fully saturated rings. The molecule has 12 aliphatic rings. The Labute approximate surface area is 771 Å². The standard InChI is InChI=1S/C19H29N5O8S.C19H29N5O5.C16H36N.2C13H20N6O6S.CH4/c1-11-7-13(8-11)22(18(26)31-19(2,3)4)10-15-20-21-16(30-15)14-6-5-12-9-23(14)17(25)24(12)32-33(27,28)29;1-11-7-13(8-11)22(18(26)29-19(2,3)4)10-15-20-21-16(28-15)14-6-5-12-9-23(14)17(25)24(12)27;1-5-9-13-17(14-10-6-2,15-11-7-3)16-12-8-4;2*14-7-3-8(4-7)15-5-11-16-17-12(24-11)10-2-1-9-6-18(10)13(20)19(9)25-26(21,22)23;/h11-14H,5-10H2,1-4H3,(H,27,28,29);11-14,27H,5-10H2,1-4H3;5-16H2,1-4H3;2*7-10,15H,1-6,14H2,(H,21,22,23);1H4/q;;+1;;;/p-1/t2*11?,12-,13?,14+;;2*7?,8?,9-,10+;/m11.11./s1. The van der Waals surface area contributed by atoms with Crippen LogP contribution in [0.3, 0.4) is 0 Å². The summed E-state index contributed by atoms with van der Waals surface area (Å²) in [5.74, 6) is 3.56. The maximum atomic E-state index is 12.8. The third-order valence-corrected chi connectivity index (χ3v) is 26.8. The molecular weight excluding hydrogens is 1790 g/mol. The number of hydrogen-bond donors (Lipinski definition) is 7. The van der Waals surface area contributed by atoms with Gasteiger partial charge in [-0.05, 0) is 182 Å². The summed E-state index contributed by atoms with van der Waals surface area (Å²) in [6.07, 6.45) is 21.6. The van der Waals surface area contributed by atoms with Crippen LogP contribution in [-0.4, -0.2) is 299 Å². The van der Waals surface area contributed by atoms with Gasteiger partial charge in [0.15, 0.2) is 0 Å². The Balaban J connectivity index is 0.000000161. The van der Waals surface area contributed by atoms with Crippen LogP contribution in [-0.2, 0) is 79.7 Å². The first-order valence-corrected chi connectivity index (χ1v) is 50.0. The van der Waals surface area contributed by atoms with Crippen LogP contribution < -0.4 is 22.1 Å². The van der Waals surface area contributed by atoms with E-state index < -0.39 is 109 Å². The Kier molecular flexibility index (Phi) is 34.8. The van der Waals surface area contributed by atoms with Crippen molar-refractivity contribution in [3.05, 3.63) is 47.1 Å². The van der Waals surface area contributed by atoms with Gasteiger partial charge in [0, 0.05) is 62.4 Å². The topological polar surface area (TPSA) is 599 Å². The summed E-state index contributed by atoms with van der Waals surface area (Å²) in [7, 11) is -14.6. The number of rotatable bonds is 34. The van der Waals surface area contributed by atoms with Crippen LogP contribution in [0.4, 0.5) is 28.8 Å². The number of hydroxylamine groups is 8. The number of unbranched alkanes of at least 4 members (excludes halogenated alkanes) is 4. The second-order valence-corrected chi connectivity index (χ2v) is 41.6. The molecule has 12 heterocycles. The molecule has 4 saturated carbocycles. The van der Waals surface area contributed by atoms with E-state index in [1.165, 1.54) is 96.7 Å². The van der Waals surface area contributed by atoms with Crippen molar-refractivity contribution in [1.29, 1.82) is 0 Å². The monoisotopic (exact) mass is 1930 g/mol. The second-order valence-electron chi connectivity index (χ2n) is 38.6. The first-order chi connectivity index (χ1) is 61.8. The van der Waals surface area contributed by atoms with Crippen molar-refractivity contribution >= 4 is 67.5 Å². The van der Waals surface area contributed by atoms with E-state index in [9.17, 15) is 63.8 Å². The predicted octanol–water partition coefficient (Wildman–Crippen LogP) is 9.16. The van der Waals surface area contributed by atoms with Gasteiger partial charge in [-0.25, -0.2) is 42.2 Å². The predicted molar refractivity (Wildman–Crippen MR) is 464 cm³/mol. The average Bonchev–Trinajstić information content (AvgIpc) is 1.63. The number of carbonyl (C=O) groups excluding carboxylic acids is 6. The Morgan fingerprint density at radius 2 is 0.750 bits per heavy atom. The number of ether oxygens (including phenoxy) is 2. The van der Waals surface area contributed by atoms with Gasteiger partial charge in [0.05, 0.1) is 63.4 Å². The lowest BCUT2D eigenvalue weighted by atomic mass is 9.81. The van der Waals surface area contributed by atoms with Gasteiger partial charge < -0.3 is 77.9 Å². The lowest BCUT2D eigenvalue weighted by Gasteiger charge is -2.41. The smallest absolute Gasteiger partial charge is 0.418 e. The minimum atomic E-state index is -5.07. The van der Waals surface area contributed by atoms with E-state index in [0.717, 1.165) is 56.4 Å². The molecule has 8 bridgehead atoms. The van der Waals surface area contributed by atoms with E-state index in [0.29, 0.717) is 145 Å². The number of nitrogens with two attached hydrogens (primary N) is 2. The van der Waals surface area contributed by atoms with Crippen LogP contribution in [0.2, 0.25) is 0 Å². The first kappa shape index (κ1) is 104. The second kappa shape index (κ2) is 44.1. The van der Waals surface area contributed by atoms with Gasteiger partial charge in [-0.1, -0.05) is 74.7 Å². The van der Waals surface area contributed by atoms with Crippen molar-refractivity contribution in [2.45, 2.75) is 367 Å². The number of nitrogens with one attached hydrogen (secondary N) is 2. The molecule has 8 saturated heterocycles. The van der Waals surface area contributed by atoms with Crippen LogP contribution in [0.5, 0.6) is 0 Å². The van der Waals surface area contributed by atoms with Crippen LogP contribution in [0.25, 0.3) is 0 Å². The van der Waals surface area contributed by atoms with E-state index in [4.69, 9.17) is 47.7 Å². The van der Waals surface area contributed by atoms with E-state index in [-0.39, 0.29) is 94.3 Å². The minimum absolute atomic E-state index is 0. The van der Waals surface area contributed by atoms with E-state index in [2.05, 4.69) is 106 Å². The largest absolute Gasteiger partial charge is 0.724 e. The molecule has 744 valence electrons. The minimum Gasteiger partial charge on any atom is -0.724 e. The van der Waals surface area contributed by atoms with Gasteiger partial charge in [0.1, 0.15) is 48.5 Å². The lowest BCUT2D eigenvalue weighted by molar-refractivity contribution is -0.929. The van der Waals surface area contributed by atoms with Crippen molar-refractivity contribution in [2.75, 3.05) is 52.4 Å². The van der Waals surface area contributed by atoms with Gasteiger partial charge >= 0.3 is 57.1 Å². The van der Waals surface area contributed by atoms with Crippen molar-refractivity contribution < 1.29 is 117 Å². The van der Waals surface area contributed by atoms with Crippen LogP contribution in [0.15, 0.2) is 17.7 Å². The highest BCUT2D eigenvalue weighted by molar-refractivity contribution is 7.81. The summed E-state index contributed by atoms with van der Waals surface area (Å²) in [6.45, 7) is 32.4. The number of quaternary nitrogens is 1. The highest BCUT2D eigenvalue weighted by Gasteiger charge is 2.54. The van der Waals surface area contributed by atoms with E-state index in [1.54, 1.807) is 35.5 Å². The van der Waals surface area contributed by atoms with Crippen LogP contribution >= 0.6 is 0 Å². The van der Waals surface area contributed by atoms with Gasteiger partial charge in [-0.3, -0.25) is 24.1 Å². The normalized spacial score (nSPS) is 27.2. The molecule has 48 nitrogen and oxygen atoms in total. The van der Waals surface area contributed by atoms with Crippen molar-refractivity contribution in [3.8, 4) is 0 Å². The molecule has 8 atom stereocenters. The van der Waals surface area contributed by atoms with E-state index >= 15 is 0 Å². The van der Waals surface area contributed by atoms with Gasteiger partial charge in [-0.15, -0.1) is 49.4 Å². The summed E-state index contributed by atoms with van der Waals surface area (Å²) in [5, 5.41) is 51.6. The summed E-state index contributed by atoms with van der Waals surface area (Å²) in [5.41, 5.74) is 10.2. The van der Waals surface area contributed by atoms with Gasteiger partial charge in [0.2, 0.25) is 57.5 Å². The summed E-state index contributed by atoms with van der Waals surface area (Å²) < 4.78 is 143. The molecule has 16 rings (SSSR count). The molecule has 4 aromatic rings. The Bertz CT molecular complexity index is 4690. The molecule has 51 heteroatoms. The molecule has 0 aromatic carbocycles. The zero-order valence-electron chi connectivity index (χ0n) is 76.9. The number of hydrogen-bond acceptors (Lipinski definition) is 35. The Hall–Kier alpha value is -8.45. The Morgan fingerprint density at radius 3 is 1.04 bits per heavy atom. The molecule has 0 unspecified atom stereocenters. The molecule has 9 N–H and O–H groups in total. The SMILES string of the molecule is C.CC1CC(N(Cc2nnc([C@@H]3CC[C@@H]4CN3C(=O)N4O)o2)C(=O)OC(C)(C)C)C1.CC1CC(N(Cc2nnc([C@@H]3CC[C@@H]4CN3C(=O)N4OS(=O)(=O)[O-])o2)C(=O)OC(C)(C)C)C1.CCCC[N+](CCCC)(CCCC)CCCC.NC1CC(NCc2nnc([C@@H]3CC[C@@H]4CN3C(=O)N4OS(=O)(=O)O)o2)C1.NC1CC(NCc2nnc([C@@H]3CC[C@@H]4CN3C(=O)N4OS(=O)(=O)O)o2)C1. The maximum Gasteiger partial charge on any atom is 0.418 e. The fraction of sp³-hybridized carbons (Fsp3) is 0.827. The van der Waals surface area contributed by atoms with Crippen LogP contribution in [0.1, 0.15) is 316 Å². The maximum absolute atomic E-state index is 12.8. The molecular formula is C81H137N23O25S3. The number of amides is 10. The molecule has 132 heavy (non-hydrogen) atoms. The fourth-order valence-corrected chi connectivity index (χ4v) is 19.8. The quantitative estimate of drug-likeness (QED) is 0.00991. The molecule has 8 aliphatic heterocycles. The number of piperidine rings is 4. The molecule has 4 aliphatic carbocycles. The van der Waals surface area contributed by atoms with Crippen LogP contribution in [0, 0.1) is 11.8 Å². The molecule has 0 spiro atoms. The highest BCUT2D eigenvalue weighted by Crippen LogP contribution is 2.44. The number of aromatic nitrogens is 8. The average molecular weight is 1930 g/mol.